The van der Waals surface area contributed by atoms with E-state index in [4.69, 9.17) is 4.74 Å². The van der Waals surface area contributed by atoms with Gasteiger partial charge in [-0.25, -0.2) is 8.42 Å². The number of thiophene rings is 1. The summed E-state index contributed by atoms with van der Waals surface area (Å²) in [5.74, 6) is 0.432. The molecule has 0 aliphatic heterocycles. The van der Waals surface area contributed by atoms with Gasteiger partial charge in [-0.05, 0) is 17.0 Å². The van der Waals surface area contributed by atoms with Gasteiger partial charge in [-0.1, -0.05) is 30.3 Å². The first-order valence-electron chi connectivity index (χ1n) is 5.01. The van der Waals surface area contributed by atoms with E-state index in [-0.39, 0.29) is 4.21 Å². The van der Waals surface area contributed by atoms with Crippen molar-refractivity contribution in [1.82, 2.24) is 0 Å². The van der Waals surface area contributed by atoms with E-state index in [0.29, 0.717) is 12.4 Å². The van der Waals surface area contributed by atoms with Crippen molar-refractivity contribution in [2.24, 2.45) is 0 Å². The zero-order chi connectivity index (χ0) is 12.3. The molecule has 0 spiro atoms. The van der Waals surface area contributed by atoms with Crippen molar-refractivity contribution in [3.05, 3.63) is 47.3 Å². The minimum atomic E-state index is -3.20. The third-order valence-corrected chi connectivity index (χ3v) is 4.93. The van der Waals surface area contributed by atoms with Gasteiger partial charge in [0, 0.05) is 6.26 Å². The Morgan fingerprint density at radius 1 is 1.18 bits per heavy atom. The fourth-order valence-corrected chi connectivity index (χ4v) is 3.31. The average Bonchev–Trinajstić information content (AvgIpc) is 2.75. The molecule has 0 fully saturated rings. The molecule has 0 radical (unpaired) electrons. The summed E-state index contributed by atoms with van der Waals surface area (Å²) in [5, 5.41) is 1.72. The van der Waals surface area contributed by atoms with Crippen LogP contribution in [-0.4, -0.2) is 14.7 Å². The van der Waals surface area contributed by atoms with Gasteiger partial charge < -0.3 is 4.74 Å². The van der Waals surface area contributed by atoms with Gasteiger partial charge in [-0.15, -0.1) is 11.3 Å². The fraction of sp³-hybridized carbons (Fsp3) is 0.167. The number of benzene rings is 1. The van der Waals surface area contributed by atoms with Crippen LogP contribution in [0.4, 0.5) is 0 Å². The second-order valence-electron chi connectivity index (χ2n) is 3.62. The molecule has 0 atom stereocenters. The van der Waals surface area contributed by atoms with Gasteiger partial charge in [0.1, 0.15) is 12.4 Å². The van der Waals surface area contributed by atoms with E-state index < -0.39 is 9.84 Å². The summed E-state index contributed by atoms with van der Waals surface area (Å²) in [4.78, 5) is 0. The van der Waals surface area contributed by atoms with Crippen LogP contribution in [0, 0.1) is 0 Å². The summed E-state index contributed by atoms with van der Waals surface area (Å²) in [6.45, 7) is 0.375. The first-order valence-corrected chi connectivity index (χ1v) is 7.79. The van der Waals surface area contributed by atoms with Crippen molar-refractivity contribution >= 4 is 21.2 Å². The topological polar surface area (TPSA) is 43.4 Å². The Hall–Kier alpha value is -1.33. The lowest BCUT2D eigenvalue weighted by Gasteiger charge is -2.06. The second kappa shape index (κ2) is 4.89. The number of sulfone groups is 1. The molecule has 90 valence electrons. The van der Waals surface area contributed by atoms with Gasteiger partial charge >= 0.3 is 0 Å². The van der Waals surface area contributed by atoms with E-state index in [1.807, 2.05) is 30.3 Å². The first-order chi connectivity index (χ1) is 8.07. The molecule has 1 aromatic heterocycles. The first kappa shape index (κ1) is 12.1. The van der Waals surface area contributed by atoms with Crippen LogP contribution in [0.1, 0.15) is 5.56 Å². The third kappa shape index (κ3) is 3.08. The van der Waals surface area contributed by atoms with Crippen molar-refractivity contribution in [1.29, 1.82) is 0 Å². The van der Waals surface area contributed by atoms with Crippen LogP contribution in [0.15, 0.2) is 46.0 Å². The SMILES string of the molecule is CS(=O)(=O)c1sccc1OCc1ccccc1. The van der Waals surface area contributed by atoms with E-state index in [9.17, 15) is 8.42 Å². The normalized spacial score (nSPS) is 11.4. The van der Waals surface area contributed by atoms with Gasteiger partial charge in [0.25, 0.3) is 0 Å². The van der Waals surface area contributed by atoms with Gasteiger partial charge in [0.05, 0.1) is 0 Å². The summed E-state index contributed by atoms with van der Waals surface area (Å²) in [6, 6.07) is 11.3. The van der Waals surface area contributed by atoms with Crippen molar-refractivity contribution < 1.29 is 13.2 Å². The Bertz CT molecular complexity index is 585. The highest BCUT2D eigenvalue weighted by Gasteiger charge is 2.16. The van der Waals surface area contributed by atoms with Crippen molar-refractivity contribution in [2.75, 3.05) is 6.26 Å². The summed E-state index contributed by atoms with van der Waals surface area (Å²) < 4.78 is 28.7. The van der Waals surface area contributed by atoms with Crippen LogP contribution in [0.3, 0.4) is 0 Å². The summed E-state index contributed by atoms with van der Waals surface area (Å²) in [7, 11) is -3.20. The minimum Gasteiger partial charge on any atom is -0.487 e. The molecule has 3 nitrogen and oxygen atoms in total. The molecule has 0 bridgehead atoms. The highest BCUT2D eigenvalue weighted by Crippen LogP contribution is 2.30. The van der Waals surface area contributed by atoms with Crippen LogP contribution in [0.25, 0.3) is 0 Å². The Morgan fingerprint density at radius 3 is 2.53 bits per heavy atom. The molecular formula is C12H12O3S2. The smallest absolute Gasteiger partial charge is 0.188 e. The Morgan fingerprint density at radius 2 is 1.88 bits per heavy atom. The summed E-state index contributed by atoms with van der Waals surface area (Å²) in [6.07, 6.45) is 1.19. The lowest BCUT2D eigenvalue weighted by molar-refractivity contribution is 0.300. The fourth-order valence-electron chi connectivity index (χ4n) is 1.40. The Balaban J connectivity index is 2.13. The zero-order valence-electron chi connectivity index (χ0n) is 9.29. The van der Waals surface area contributed by atoms with Gasteiger partial charge in [-0.2, -0.15) is 0 Å². The molecule has 0 saturated carbocycles. The lowest BCUT2D eigenvalue weighted by atomic mass is 10.2. The molecular weight excluding hydrogens is 256 g/mol. The molecule has 17 heavy (non-hydrogen) atoms. The zero-order valence-corrected chi connectivity index (χ0v) is 10.9. The van der Waals surface area contributed by atoms with Gasteiger partial charge in [0.2, 0.25) is 0 Å². The van der Waals surface area contributed by atoms with Crippen molar-refractivity contribution in [2.45, 2.75) is 10.8 Å². The van der Waals surface area contributed by atoms with Crippen LogP contribution in [0.5, 0.6) is 5.75 Å². The monoisotopic (exact) mass is 268 g/mol. The molecule has 0 unspecified atom stereocenters. The molecule has 0 amide bonds. The van der Waals surface area contributed by atoms with E-state index in [2.05, 4.69) is 0 Å². The van der Waals surface area contributed by atoms with E-state index in [0.717, 1.165) is 5.56 Å². The molecule has 2 aromatic rings. The summed E-state index contributed by atoms with van der Waals surface area (Å²) >= 11 is 1.18. The minimum absolute atomic E-state index is 0.286. The maximum absolute atomic E-state index is 11.5. The third-order valence-electron chi connectivity index (χ3n) is 2.17. The molecule has 0 saturated heterocycles. The molecule has 5 heteroatoms. The van der Waals surface area contributed by atoms with Crippen LogP contribution >= 0.6 is 11.3 Å². The van der Waals surface area contributed by atoms with Gasteiger partial charge in [0.15, 0.2) is 14.0 Å². The molecule has 1 aromatic carbocycles. The lowest BCUT2D eigenvalue weighted by Crippen LogP contribution is -2.00. The largest absolute Gasteiger partial charge is 0.487 e. The van der Waals surface area contributed by atoms with Crippen LogP contribution < -0.4 is 4.74 Å². The van der Waals surface area contributed by atoms with Crippen molar-refractivity contribution in [3.63, 3.8) is 0 Å². The maximum Gasteiger partial charge on any atom is 0.188 e. The number of ether oxygens (including phenoxy) is 1. The molecule has 2 rings (SSSR count). The quantitative estimate of drug-likeness (QED) is 0.856. The van der Waals surface area contributed by atoms with Gasteiger partial charge in [-0.3, -0.25) is 0 Å². The van der Waals surface area contributed by atoms with E-state index in [1.54, 1.807) is 11.4 Å². The average molecular weight is 268 g/mol. The second-order valence-corrected chi connectivity index (χ2v) is 6.75. The number of hydrogen-bond donors (Lipinski definition) is 0. The molecule has 0 aliphatic carbocycles. The summed E-state index contributed by atoms with van der Waals surface area (Å²) in [5.41, 5.74) is 1.01. The molecule has 0 aliphatic rings. The van der Waals surface area contributed by atoms with Crippen LogP contribution in [-0.2, 0) is 16.4 Å². The Kier molecular flexibility index (Phi) is 3.49. The highest BCUT2D eigenvalue weighted by molar-refractivity contribution is 7.92. The van der Waals surface area contributed by atoms with Crippen molar-refractivity contribution in [3.8, 4) is 5.75 Å². The molecule has 0 N–H and O–H groups in total. The number of rotatable bonds is 4. The Labute approximate surface area is 105 Å². The maximum atomic E-state index is 11.5. The van der Waals surface area contributed by atoms with Crippen LogP contribution in [0.2, 0.25) is 0 Å². The van der Waals surface area contributed by atoms with E-state index in [1.165, 1.54) is 17.6 Å². The molecule has 1 heterocycles. The number of hydrogen-bond acceptors (Lipinski definition) is 4. The predicted molar refractivity (Wildman–Crippen MR) is 68.2 cm³/mol. The standard InChI is InChI=1S/C12H12O3S2/c1-17(13,14)12-11(7-8-16-12)15-9-10-5-3-2-4-6-10/h2-8H,9H2,1H3. The predicted octanol–water partition coefficient (Wildman–Crippen LogP) is 2.73. The van der Waals surface area contributed by atoms with E-state index >= 15 is 0 Å². The highest BCUT2D eigenvalue weighted by atomic mass is 32.2.